The number of hydrogen-bond donors (Lipinski definition) is 4. The summed E-state index contributed by atoms with van der Waals surface area (Å²) in [5, 5.41) is 19.4. The second-order valence-electron chi connectivity index (χ2n) is 10.7. The van der Waals surface area contributed by atoms with Gasteiger partial charge in [-0.1, -0.05) is 36.4 Å². The summed E-state index contributed by atoms with van der Waals surface area (Å²) in [5.41, 5.74) is 14.0. The van der Waals surface area contributed by atoms with Crippen molar-refractivity contribution in [3.05, 3.63) is 95.1 Å². The van der Waals surface area contributed by atoms with E-state index < -0.39 is 48.9 Å². The fourth-order valence-corrected chi connectivity index (χ4v) is 5.17. The van der Waals surface area contributed by atoms with Crippen LogP contribution in [0.5, 0.6) is 5.75 Å². The maximum atomic E-state index is 13.5. The number of ether oxygens (including phenoxy) is 1. The van der Waals surface area contributed by atoms with Crippen LogP contribution in [0.1, 0.15) is 52.2 Å². The van der Waals surface area contributed by atoms with Gasteiger partial charge in [0.05, 0.1) is 11.3 Å². The van der Waals surface area contributed by atoms with Crippen molar-refractivity contribution in [3.8, 4) is 5.75 Å². The molecular weight excluding hydrogens is 637 g/mol. The number of esters is 1. The van der Waals surface area contributed by atoms with Gasteiger partial charge >= 0.3 is 24.1 Å². The average molecular weight is 671 g/mol. The van der Waals surface area contributed by atoms with Crippen molar-refractivity contribution in [2.45, 2.75) is 50.2 Å². The molecule has 0 saturated heterocycles. The molecule has 0 heterocycles. The van der Waals surface area contributed by atoms with Crippen LogP contribution < -0.4 is 16.2 Å². The smallest absolute Gasteiger partial charge is 0.446 e. The average Bonchev–Trinajstić information content (AvgIpc) is 3.03. The Kier molecular flexibility index (Phi) is 12.8. The largest absolute Gasteiger partial charge is 0.480 e. The van der Waals surface area contributed by atoms with E-state index >= 15 is 0 Å². The van der Waals surface area contributed by atoms with Crippen LogP contribution in [0.4, 0.5) is 18.9 Å². The summed E-state index contributed by atoms with van der Waals surface area (Å²) in [6.07, 6.45) is -3.60. The zero-order valence-electron chi connectivity index (χ0n) is 25.4. The lowest BCUT2D eigenvalue weighted by molar-refractivity contribution is -0.156. The molecule has 0 radical (unpaired) electrons. The van der Waals surface area contributed by atoms with Gasteiger partial charge in [-0.3, -0.25) is 14.4 Å². The molecule has 3 aromatic carbocycles. The third-order valence-electron chi connectivity index (χ3n) is 7.24. The van der Waals surface area contributed by atoms with Gasteiger partial charge < -0.3 is 31.3 Å². The number of aldehydes is 1. The second-order valence-corrected chi connectivity index (χ2v) is 10.7. The fourth-order valence-electron chi connectivity index (χ4n) is 5.17. The van der Waals surface area contributed by atoms with Crippen LogP contribution in [0, 0.1) is 0 Å². The minimum absolute atomic E-state index is 0.0117. The number of guanidine groups is 1. The van der Waals surface area contributed by atoms with Crippen molar-refractivity contribution in [1.82, 2.24) is 4.90 Å². The molecule has 0 bridgehead atoms. The Morgan fingerprint density at radius 3 is 2.21 bits per heavy atom. The van der Waals surface area contributed by atoms with Crippen LogP contribution >= 0.6 is 0 Å². The first kappa shape index (κ1) is 36.7. The summed E-state index contributed by atoms with van der Waals surface area (Å²) >= 11 is 0. The molecule has 0 aromatic heterocycles. The first-order chi connectivity index (χ1) is 22.7. The van der Waals surface area contributed by atoms with Gasteiger partial charge in [-0.15, -0.1) is 0 Å². The Morgan fingerprint density at radius 1 is 1.00 bits per heavy atom. The van der Waals surface area contributed by atoms with E-state index in [1.807, 2.05) is 0 Å². The van der Waals surface area contributed by atoms with E-state index in [1.165, 1.54) is 0 Å². The van der Waals surface area contributed by atoms with Gasteiger partial charge in [0, 0.05) is 12.8 Å². The highest BCUT2D eigenvalue weighted by Gasteiger charge is 2.34. The number of alkyl halides is 3. The molecule has 1 amide bonds. The lowest BCUT2D eigenvalue weighted by Gasteiger charge is -2.31. The molecule has 4 rings (SSSR count). The number of carboxylic acids is 2. The Morgan fingerprint density at radius 2 is 1.65 bits per heavy atom. The van der Waals surface area contributed by atoms with Crippen molar-refractivity contribution < 1.29 is 52.1 Å². The SMILES string of the molecule is NC(N)=Nc1ccc(C(=O)Oc2ccc3c(c2)CCCC3CC(=O)N(CC(=O)O)[C@@H](Cc2ccccc2)C(=O)O)cc1.O=CC(F)(F)F. The van der Waals surface area contributed by atoms with Crippen molar-refractivity contribution in [2.75, 3.05) is 6.54 Å². The first-order valence-corrected chi connectivity index (χ1v) is 14.5. The molecule has 48 heavy (non-hydrogen) atoms. The fraction of sp³-hybridized carbons (Fsp3) is 0.273. The van der Waals surface area contributed by atoms with E-state index in [-0.39, 0.29) is 24.7 Å². The molecule has 0 fully saturated rings. The van der Waals surface area contributed by atoms with Crippen molar-refractivity contribution in [2.24, 2.45) is 16.5 Å². The highest BCUT2D eigenvalue weighted by atomic mass is 19.4. The van der Waals surface area contributed by atoms with E-state index in [0.717, 1.165) is 22.4 Å². The molecule has 12 nitrogen and oxygen atoms in total. The normalized spacial score (nSPS) is 14.2. The van der Waals surface area contributed by atoms with Crippen LogP contribution in [0.3, 0.4) is 0 Å². The lowest BCUT2D eigenvalue weighted by Crippen LogP contribution is -2.49. The monoisotopic (exact) mass is 670 g/mol. The maximum absolute atomic E-state index is 13.5. The zero-order chi connectivity index (χ0) is 35.4. The Labute approximate surface area is 272 Å². The number of halogens is 3. The standard InChI is InChI=1S/C31H32N4O7.C2HF3O/c32-31(33)34-23-11-9-20(10-12-23)30(41)42-24-13-14-25-21(16-24)7-4-8-22(25)17-27(36)35(18-28(37)38)26(29(39)40)15-19-5-2-1-3-6-19;3-2(4,5)1-6/h1-3,5-6,9-14,16,22,26H,4,7-8,15,17-18H2,(H,37,38)(H,39,40)(H4,32,33,34);1H/t22?,26-;/m0./s1. The summed E-state index contributed by atoms with van der Waals surface area (Å²) in [6, 6.07) is 19.0. The van der Waals surface area contributed by atoms with E-state index in [9.17, 15) is 42.6 Å². The number of carbonyl (C=O) groups excluding carboxylic acids is 3. The molecule has 0 saturated carbocycles. The van der Waals surface area contributed by atoms with Gasteiger partial charge in [-0.25, -0.2) is 14.6 Å². The molecule has 0 aliphatic heterocycles. The van der Waals surface area contributed by atoms with E-state index in [1.54, 1.807) is 72.8 Å². The summed E-state index contributed by atoms with van der Waals surface area (Å²) in [5.74, 6) is -3.65. The minimum atomic E-state index is -4.64. The molecular formula is C33H33F3N4O8. The molecule has 1 aliphatic carbocycles. The lowest BCUT2D eigenvalue weighted by atomic mass is 9.80. The third-order valence-corrected chi connectivity index (χ3v) is 7.24. The molecule has 1 aliphatic rings. The van der Waals surface area contributed by atoms with Crippen LogP contribution in [0.15, 0.2) is 77.8 Å². The van der Waals surface area contributed by atoms with Gasteiger partial charge in [-0.05, 0) is 78.3 Å². The molecule has 254 valence electrons. The number of benzene rings is 3. The number of fused-ring (bicyclic) bond motifs is 1. The van der Waals surface area contributed by atoms with E-state index in [0.29, 0.717) is 35.4 Å². The second kappa shape index (κ2) is 16.7. The summed E-state index contributed by atoms with van der Waals surface area (Å²) in [6.45, 7) is -0.718. The highest BCUT2D eigenvalue weighted by molar-refractivity contribution is 5.91. The molecule has 0 spiro atoms. The van der Waals surface area contributed by atoms with Gasteiger partial charge in [0.2, 0.25) is 12.2 Å². The van der Waals surface area contributed by atoms with Crippen molar-refractivity contribution in [1.29, 1.82) is 0 Å². The molecule has 2 atom stereocenters. The summed E-state index contributed by atoms with van der Waals surface area (Å²) in [4.78, 5) is 63.5. The Balaban J connectivity index is 0.000000952. The predicted octanol–water partition coefficient (Wildman–Crippen LogP) is 3.98. The van der Waals surface area contributed by atoms with Crippen LogP contribution in [0.25, 0.3) is 0 Å². The van der Waals surface area contributed by atoms with E-state index in [4.69, 9.17) is 21.0 Å². The minimum Gasteiger partial charge on any atom is -0.480 e. The molecule has 15 heteroatoms. The first-order valence-electron chi connectivity index (χ1n) is 14.5. The van der Waals surface area contributed by atoms with E-state index in [2.05, 4.69) is 4.99 Å². The number of amides is 1. The van der Waals surface area contributed by atoms with Gasteiger partial charge in [-0.2, -0.15) is 13.2 Å². The summed E-state index contributed by atoms with van der Waals surface area (Å²) in [7, 11) is 0. The van der Waals surface area contributed by atoms with Crippen molar-refractivity contribution >= 4 is 41.7 Å². The van der Waals surface area contributed by atoms with Crippen LogP contribution in [0.2, 0.25) is 0 Å². The Hall–Kier alpha value is -5.73. The highest BCUT2D eigenvalue weighted by Crippen LogP contribution is 2.36. The number of rotatable bonds is 11. The third kappa shape index (κ3) is 11.3. The van der Waals surface area contributed by atoms with Gasteiger partial charge in [0.25, 0.3) is 0 Å². The number of nitrogens with zero attached hydrogens (tertiary/aromatic N) is 2. The zero-order valence-corrected chi connectivity index (χ0v) is 25.4. The number of hydrogen-bond acceptors (Lipinski definition) is 7. The molecule has 6 N–H and O–H groups in total. The topological polar surface area (TPSA) is 203 Å². The number of aliphatic carboxylic acids is 2. The predicted molar refractivity (Wildman–Crippen MR) is 167 cm³/mol. The maximum Gasteiger partial charge on any atom is 0.446 e. The quantitative estimate of drug-likeness (QED) is 0.0760. The van der Waals surface area contributed by atoms with Crippen LogP contribution in [-0.2, 0) is 32.0 Å². The Bertz CT molecular complexity index is 1640. The number of aliphatic imine (C=N–C) groups is 1. The van der Waals surface area contributed by atoms with Crippen molar-refractivity contribution in [3.63, 3.8) is 0 Å². The molecule has 1 unspecified atom stereocenters. The van der Waals surface area contributed by atoms with Crippen LogP contribution in [-0.4, -0.2) is 69.9 Å². The number of nitrogens with two attached hydrogens (primary N) is 2. The van der Waals surface area contributed by atoms with Gasteiger partial charge in [0.15, 0.2) is 5.96 Å². The summed E-state index contributed by atoms with van der Waals surface area (Å²) < 4.78 is 36.8. The molecule has 3 aromatic rings. The number of carbonyl (C=O) groups is 5. The number of carboxylic acid groups (broad SMARTS) is 2. The number of aryl methyl sites for hydroxylation is 1. The van der Waals surface area contributed by atoms with Gasteiger partial charge in [0.1, 0.15) is 18.3 Å².